The molecule has 0 amide bonds. The van der Waals surface area contributed by atoms with Crippen LogP contribution in [0.15, 0.2) is 41.1 Å². The average molecular weight is 271 g/mol. The van der Waals surface area contributed by atoms with E-state index < -0.39 is 5.82 Å². The van der Waals surface area contributed by atoms with E-state index in [0.717, 1.165) is 6.20 Å². The Balaban J connectivity index is 1.99. The van der Waals surface area contributed by atoms with E-state index in [0.29, 0.717) is 22.6 Å². The highest BCUT2D eigenvalue weighted by molar-refractivity contribution is 5.68. The molecule has 2 aromatic heterocycles. The van der Waals surface area contributed by atoms with Gasteiger partial charge < -0.3 is 16.0 Å². The number of rotatable bonds is 2. The summed E-state index contributed by atoms with van der Waals surface area (Å²) in [6, 6.07) is 7.72. The second-order valence-electron chi connectivity index (χ2n) is 4.17. The molecule has 0 aliphatic rings. The van der Waals surface area contributed by atoms with Crippen LogP contribution >= 0.6 is 0 Å². The molecule has 20 heavy (non-hydrogen) atoms. The molecule has 0 aliphatic carbocycles. The first-order chi connectivity index (χ1) is 9.61. The summed E-state index contributed by atoms with van der Waals surface area (Å²) in [6.45, 7) is 0. The lowest BCUT2D eigenvalue weighted by atomic mass is 10.2. The SMILES string of the molecule is Nc1cc(N)cc(-c2nc(-c3ccc(F)cn3)no2)c1. The van der Waals surface area contributed by atoms with Gasteiger partial charge in [0.25, 0.3) is 5.89 Å². The van der Waals surface area contributed by atoms with Crippen molar-refractivity contribution in [2.24, 2.45) is 0 Å². The van der Waals surface area contributed by atoms with Crippen LogP contribution in [0.25, 0.3) is 23.0 Å². The van der Waals surface area contributed by atoms with Crippen molar-refractivity contribution in [1.29, 1.82) is 0 Å². The number of hydrogen-bond acceptors (Lipinski definition) is 6. The van der Waals surface area contributed by atoms with Gasteiger partial charge in [-0.3, -0.25) is 0 Å². The summed E-state index contributed by atoms with van der Waals surface area (Å²) in [7, 11) is 0. The summed E-state index contributed by atoms with van der Waals surface area (Å²) >= 11 is 0. The molecule has 0 aliphatic heterocycles. The number of halogens is 1. The molecule has 2 heterocycles. The molecule has 0 saturated heterocycles. The van der Waals surface area contributed by atoms with Gasteiger partial charge in [-0.1, -0.05) is 5.16 Å². The number of nitrogens with zero attached hydrogens (tertiary/aromatic N) is 3. The summed E-state index contributed by atoms with van der Waals surface area (Å²) in [5, 5.41) is 3.80. The minimum Gasteiger partial charge on any atom is -0.399 e. The largest absolute Gasteiger partial charge is 0.399 e. The summed E-state index contributed by atoms with van der Waals surface area (Å²) < 4.78 is 17.9. The first-order valence-corrected chi connectivity index (χ1v) is 5.74. The van der Waals surface area contributed by atoms with Gasteiger partial charge >= 0.3 is 0 Å². The molecule has 3 rings (SSSR count). The Labute approximate surface area is 113 Å². The maximum absolute atomic E-state index is 12.8. The third-order valence-electron chi connectivity index (χ3n) is 2.61. The summed E-state index contributed by atoms with van der Waals surface area (Å²) in [6.07, 6.45) is 1.09. The molecule has 0 saturated carbocycles. The Hall–Kier alpha value is -2.96. The van der Waals surface area contributed by atoms with Crippen molar-refractivity contribution in [2.75, 3.05) is 11.5 Å². The maximum Gasteiger partial charge on any atom is 0.258 e. The number of nitrogen functional groups attached to an aromatic ring is 2. The zero-order chi connectivity index (χ0) is 14.1. The molecule has 100 valence electrons. The Bertz CT molecular complexity index is 733. The number of anilines is 2. The van der Waals surface area contributed by atoms with E-state index in [9.17, 15) is 4.39 Å². The summed E-state index contributed by atoms with van der Waals surface area (Å²) in [5.74, 6) is 0.104. The predicted octanol–water partition coefficient (Wildman–Crippen LogP) is 2.10. The normalized spacial score (nSPS) is 10.7. The van der Waals surface area contributed by atoms with E-state index in [1.807, 2.05) is 0 Å². The van der Waals surface area contributed by atoms with Crippen LogP contribution in [0.2, 0.25) is 0 Å². The van der Waals surface area contributed by atoms with E-state index in [4.69, 9.17) is 16.0 Å². The van der Waals surface area contributed by atoms with Crippen LogP contribution in [0.4, 0.5) is 15.8 Å². The fourth-order valence-electron chi connectivity index (χ4n) is 1.75. The van der Waals surface area contributed by atoms with Crippen molar-refractivity contribution in [3.63, 3.8) is 0 Å². The van der Waals surface area contributed by atoms with E-state index in [1.165, 1.54) is 12.1 Å². The van der Waals surface area contributed by atoms with Gasteiger partial charge in [0.1, 0.15) is 11.5 Å². The van der Waals surface area contributed by atoms with Crippen molar-refractivity contribution in [1.82, 2.24) is 15.1 Å². The molecular formula is C13H10FN5O. The summed E-state index contributed by atoms with van der Waals surface area (Å²) in [5.41, 5.74) is 13.4. The maximum atomic E-state index is 12.8. The van der Waals surface area contributed by atoms with Gasteiger partial charge in [-0.15, -0.1) is 0 Å². The highest BCUT2D eigenvalue weighted by Crippen LogP contribution is 2.25. The highest BCUT2D eigenvalue weighted by atomic mass is 19.1. The second-order valence-corrected chi connectivity index (χ2v) is 4.17. The number of pyridine rings is 1. The molecule has 0 fully saturated rings. The standard InChI is InChI=1S/C13H10FN5O/c14-8-1-2-11(17-6-8)12-18-13(20-19-12)7-3-9(15)5-10(16)4-7/h1-6H,15-16H2. The lowest BCUT2D eigenvalue weighted by molar-refractivity contribution is 0.432. The number of nitrogens with two attached hydrogens (primary N) is 2. The molecule has 1 aromatic carbocycles. The molecule has 0 spiro atoms. The van der Waals surface area contributed by atoms with Crippen molar-refractivity contribution in [3.05, 3.63) is 42.3 Å². The zero-order valence-electron chi connectivity index (χ0n) is 10.2. The molecule has 6 nitrogen and oxygen atoms in total. The lowest BCUT2D eigenvalue weighted by Crippen LogP contribution is -1.91. The fraction of sp³-hybridized carbons (Fsp3) is 0. The van der Waals surface area contributed by atoms with Crippen LogP contribution in [-0.4, -0.2) is 15.1 Å². The third kappa shape index (κ3) is 2.28. The van der Waals surface area contributed by atoms with Gasteiger partial charge in [-0.05, 0) is 30.3 Å². The first-order valence-electron chi connectivity index (χ1n) is 5.74. The summed E-state index contributed by atoms with van der Waals surface area (Å²) in [4.78, 5) is 8.07. The molecule has 0 radical (unpaired) electrons. The van der Waals surface area contributed by atoms with Crippen LogP contribution in [0, 0.1) is 5.82 Å². The van der Waals surface area contributed by atoms with E-state index >= 15 is 0 Å². The molecule has 0 unspecified atom stereocenters. The Morgan fingerprint density at radius 1 is 1.05 bits per heavy atom. The number of aromatic nitrogens is 3. The van der Waals surface area contributed by atoms with Crippen LogP contribution in [0.1, 0.15) is 0 Å². The quantitative estimate of drug-likeness (QED) is 0.692. The van der Waals surface area contributed by atoms with Gasteiger partial charge in [0.05, 0.1) is 6.20 Å². The van der Waals surface area contributed by atoms with Gasteiger partial charge in [0.15, 0.2) is 0 Å². The topological polar surface area (TPSA) is 104 Å². The van der Waals surface area contributed by atoms with Gasteiger partial charge in [0, 0.05) is 16.9 Å². The molecule has 0 bridgehead atoms. The number of hydrogen-bond donors (Lipinski definition) is 2. The third-order valence-corrected chi connectivity index (χ3v) is 2.61. The minimum atomic E-state index is -0.430. The fourth-order valence-corrected chi connectivity index (χ4v) is 1.75. The van der Waals surface area contributed by atoms with Gasteiger partial charge in [-0.2, -0.15) is 4.98 Å². The van der Waals surface area contributed by atoms with Gasteiger partial charge in [0.2, 0.25) is 5.82 Å². The van der Waals surface area contributed by atoms with E-state index in [-0.39, 0.29) is 11.7 Å². The smallest absolute Gasteiger partial charge is 0.258 e. The molecule has 4 N–H and O–H groups in total. The second kappa shape index (κ2) is 4.61. The Kier molecular flexibility index (Phi) is 2.79. The van der Waals surface area contributed by atoms with E-state index in [2.05, 4.69) is 15.1 Å². The monoisotopic (exact) mass is 271 g/mol. The van der Waals surface area contributed by atoms with Crippen LogP contribution < -0.4 is 11.5 Å². The lowest BCUT2D eigenvalue weighted by Gasteiger charge is -1.99. The zero-order valence-corrected chi connectivity index (χ0v) is 10.2. The van der Waals surface area contributed by atoms with Crippen LogP contribution in [0.3, 0.4) is 0 Å². The molecular weight excluding hydrogens is 261 g/mol. The predicted molar refractivity (Wildman–Crippen MR) is 71.7 cm³/mol. The number of benzene rings is 1. The van der Waals surface area contributed by atoms with Crippen LogP contribution in [-0.2, 0) is 0 Å². The highest BCUT2D eigenvalue weighted by Gasteiger charge is 2.12. The molecule has 3 aromatic rings. The average Bonchev–Trinajstić information content (AvgIpc) is 2.88. The minimum absolute atomic E-state index is 0.265. The first kappa shape index (κ1) is 12.1. The van der Waals surface area contributed by atoms with Crippen LogP contribution in [0.5, 0.6) is 0 Å². The molecule has 7 heteroatoms. The van der Waals surface area contributed by atoms with Crippen molar-refractivity contribution in [3.8, 4) is 23.0 Å². The van der Waals surface area contributed by atoms with Crippen molar-refractivity contribution < 1.29 is 8.91 Å². The van der Waals surface area contributed by atoms with E-state index in [1.54, 1.807) is 18.2 Å². The molecule has 0 atom stereocenters. The van der Waals surface area contributed by atoms with Crippen molar-refractivity contribution >= 4 is 11.4 Å². The van der Waals surface area contributed by atoms with Gasteiger partial charge in [-0.25, -0.2) is 9.37 Å². The Morgan fingerprint density at radius 2 is 1.80 bits per heavy atom. The Morgan fingerprint density at radius 3 is 2.45 bits per heavy atom. The van der Waals surface area contributed by atoms with Crippen molar-refractivity contribution in [2.45, 2.75) is 0 Å².